The van der Waals surface area contributed by atoms with Crippen molar-refractivity contribution in [3.8, 4) is 11.4 Å². The number of aryl methyl sites for hydroxylation is 1. The highest BCUT2D eigenvalue weighted by molar-refractivity contribution is 5.66. The molecule has 1 aliphatic heterocycles. The molecule has 19 heavy (non-hydrogen) atoms. The van der Waals surface area contributed by atoms with Crippen molar-refractivity contribution in [1.82, 2.24) is 19.8 Å². The largest absolute Gasteiger partial charge is 0.385 e. The van der Waals surface area contributed by atoms with Crippen LogP contribution in [0, 0.1) is 0 Å². The van der Waals surface area contributed by atoms with Gasteiger partial charge in [0.25, 0.3) is 0 Å². The lowest BCUT2D eigenvalue weighted by atomic mass is 10.0. The first-order valence-corrected chi connectivity index (χ1v) is 6.45. The quantitative estimate of drug-likeness (QED) is 0.720. The lowest BCUT2D eigenvalue weighted by Crippen LogP contribution is -2.11. The molecule has 0 fully saturated rings. The fraction of sp³-hybridized carbons (Fsp3) is 0.214. The molecular formula is C14H13N5. The van der Waals surface area contributed by atoms with E-state index in [1.807, 2.05) is 12.1 Å². The molecule has 1 aliphatic rings. The number of benzene rings is 1. The van der Waals surface area contributed by atoms with Gasteiger partial charge in [0, 0.05) is 24.0 Å². The van der Waals surface area contributed by atoms with Gasteiger partial charge < -0.3 is 5.32 Å². The number of rotatable bonds is 1. The normalized spacial score (nSPS) is 14.1. The third-order valence-electron chi connectivity index (χ3n) is 3.48. The molecule has 1 aromatic carbocycles. The summed E-state index contributed by atoms with van der Waals surface area (Å²) in [5, 5.41) is 16.1. The monoisotopic (exact) mass is 251 g/mol. The summed E-state index contributed by atoms with van der Waals surface area (Å²) in [5.41, 5.74) is 4.41. The molecule has 0 unspecified atom stereocenters. The number of hydrogen-bond donors (Lipinski definition) is 1. The first-order chi connectivity index (χ1) is 9.42. The van der Waals surface area contributed by atoms with Crippen molar-refractivity contribution in [2.75, 3.05) is 11.9 Å². The molecule has 3 heterocycles. The van der Waals surface area contributed by atoms with Crippen molar-refractivity contribution in [2.45, 2.75) is 12.8 Å². The van der Waals surface area contributed by atoms with Crippen LogP contribution in [0.25, 0.3) is 17.0 Å². The van der Waals surface area contributed by atoms with Crippen LogP contribution in [0.5, 0.6) is 0 Å². The van der Waals surface area contributed by atoms with Crippen LogP contribution in [0.1, 0.15) is 12.0 Å². The maximum absolute atomic E-state index is 4.31. The predicted molar refractivity (Wildman–Crippen MR) is 73.0 cm³/mol. The smallest absolute Gasteiger partial charge is 0.185 e. The third-order valence-corrected chi connectivity index (χ3v) is 3.48. The Morgan fingerprint density at radius 3 is 3.16 bits per heavy atom. The SMILES string of the molecule is c1cnn2c(-c3ccc4c(c3)CCCN4)nnc2c1. The predicted octanol–water partition coefficient (Wildman–Crippen LogP) is 2.15. The van der Waals surface area contributed by atoms with Crippen molar-refractivity contribution in [1.29, 1.82) is 0 Å². The molecule has 0 saturated carbocycles. The van der Waals surface area contributed by atoms with Crippen LogP contribution in [0.2, 0.25) is 0 Å². The minimum absolute atomic E-state index is 0.772. The molecule has 0 amide bonds. The number of anilines is 1. The minimum Gasteiger partial charge on any atom is -0.385 e. The zero-order valence-electron chi connectivity index (χ0n) is 10.4. The van der Waals surface area contributed by atoms with E-state index in [-0.39, 0.29) is 0 Å². The standard InChI is InChI=1S/C14H13N5/c1-3-10-9-11(5-6-12(10)15-7-1)14-18-17-13-4-2-8-16-19(13)14/h2,4-6,8-9,15H,1,3,7H2. The molecular weight excluding hydrogens is 238 g/mol. The Labute approximate surface area is 110 Å². The van der Waals surface area contributed by atoms with Crippen molar-refractivity contribution >= 4 is 11.3 Å². The maximum atomic E-state index is 4.31. The summed E-state index contributed by atoms with van der Waals surface area (Å²) in [6.45, 7) is 1.06. The van der Waals surface area contributed by atoms with Crippen LogP contribution in [-0.2, 0) is 6.42 Å². The van der Waals surface area contributed by atoms with Gasteiger partial charge in [-0.25, -0.2) is 0 Å². The van der Waals surface area contributed by atoms with Crippen LogP contribution in [-0.4, -0.2) is 26.4 Å². The second-order valence-electron chi connectivity index (χ2n) is 4.72. The van der Waals surface area contributed by atoms with E-state index >= 15 is 0 Å². The fourth-order valence-electron chi connectivity index (χ4n) is 2.54. The van der Waals surface area contributed by atoms with Crippen molar-refractivity contribution < 1.29 is 0 Å². The summed E-state index contributed by atoms with van der Waals surface area (Å²) < 4.78 is 1.78. The first-order valence-electron chi connectivity index (χ1n) is 6.45. The molecule has 2 aromatic heterocycles. The lowest BCUT2D eigenvalue weighted by molar-refractivity contribution is 0.830. The Hall–Kier alpha value is -2.43. The summed E-state index contributed by atoms with van der Waals surface area (Å²) in [6, 6.07) is 10.1. The van der Waals surface area contributed by atoms with E-state index < -0.39 is 0 Å². The third kappa shape index (κ3) is 1.66. The zero-order chi connectivity index (χ0) is 12.7. The van der Waals surface area contributed by atoms with Gasteiger partial charge in [-0.1, -0.05) is 0 Å². The number of nitrogens with one attached hydrogen (secondary N) is 1. The zero-order valence-corrected chi connectivity index (χ0v) is 10.4. The molecule has 0 bridgehead atoms. The Kier molecular flexibility index (Phi) is 2.24. The molecule has 0 spiro atoms. The van der Waals surface area contributed by atoms with Gasteiger partial charge in [0.05, 0.1) is 0 Å². The summed E-state index contributed by atoms with van der Waals surface area (Å²) in [6.07, 6.45) is 4.04. The number of hydrogen-bond acceptors (Lipinski definition) is 4. The molecule has 5 nitrogen and oxygen atoms in total. The van der Waals surface area contributed by atoms with Gasteiger partial charge in [0.15, 0.2) is 11.5 Å². The number of fused-ring (bicyclic) bond motifs is 2. The summed E-state index contributed by atoms with van der Waals surface area (Å²) in [5.74, 6) is 0.795. The van der Waals surface area contributed by atoms with E-state index in [1.165, 1.54) is 17.7 Å². The van der Waals surface area contributed by atoms with Crippen LogP contribution in [0.15, 0.2) is 36.5 Å². The lowest BCUT2D eigenvalue weighted by Gasteiger charge is -2.18. The highest BCUT2D eigenvalue weighted by Crippen LogP contribution is 2.27. The van der Waals surface area contributed by atoms with Gasteiger partial charge >= 0.3 is 0 Å². The first kappa shape index (κ1) is 10.5. The maximum Gasteiger partial charge on any atom is 0.185 e. The average molecular weight is 251 g/mol. The van der Waals surface area contributed by atoms with E-state index in [1.54, 1.807) is 10.7 Å². The number of aromatic nitrogens is 4. The molecule has 0 saturated heterocycles. The van der Waals surface area contributed by atoms with Gasteiger partial charge in [0.1, 0.15) is 0 Å². The fourth-order valence-corrected chi connectivity index (χ4v) is 2.54. The van der Waals surface area contributed by atoms with E-state index in [2.05, 4.69) is 38.8 Å². The van der Waals surface area contributed by atoms with Crippen LogP contribution in [0.4, 0.5) is 5.69 Å². The van der Waals surface area contributed by atoms with Crippen LogP contribution in [0.3, 0.4) is 0 Å². The highest BCUT2D eigenvalue weighted by Gasteiger charge is 2.13. The van der Waals surface area contributed by atoms with Crippen LogP contribution >= 0.6 is 0 Å². The van der Waals surface area contributed by atoms with Crippen molar-refractivity contribution in [3.05, 3.63) is 42.1 Å². The number of nitrogens with zero attached hydrogens (tertiary/aromatic N) is 4. The molecule has 3 aromatic rings. The van der Waals surface area contributed by atoms with Gasteiger partial charge in [-0.2, -0.15) is 9.61 Å². The Morgan fingerprint density at radius 2 is 2.16 bits per heavy atom. The van der Waals surface area contributed by atoms with Gasteiger partial charge in [-0.15, -0.1) is 10.2 Å². The van der Waals surface area contributed by atoms with E-state index in [9.17, 15) is 0 Å². The molecule has 1 N–H and O–H groups in total. The second kappa shape index (κ2) is 4.05. The van der Waals surface area contributed by atoms with Gasteiger partial charge in [-0.3, -0.25) is 0 Å². The Bertz CT molecular complexity index is 746. The minimum atomic E-state index is 0.772. The molecule has 0 atom stereocenters. The Balaban J connectivity index is 1.88. The average Bonchev–Trinajstić information content (AvgIpc) is 2.91. The Morgan fingerprint density at radius 1 is 1.16 bits per heavy atom. The molecule has 4 rings (SSSR count). The van der Waals surface area contributed by atoms with E-state index in [0.717, 1.165) is 30.0 Å². The second-order valence-corrected chi connectivity index (χ2v) is 4.72. The molecule has 0 radical (unpaired) electrons. The van der Waals surface area contributed by atoms with Gasteiger partial charge in [-0.05, 0) is 48.7 Å². The molecule has 5 heteroatoms. The van der Waals surface area contributed by atoms with E-state index in [4.69, 9.17) is 0 Å². The van der Waals surface area contributed by atoms with Crippen molar-refractivity contribution in [2.24, 2.45) is 0 Å². The van der Waals surface area contributed by atoms with E-state index in [0.29, 0.717) is 0 Å². The summed E-state index contributed by atoms with van der Waals surface area (Å²) in [7, 11) is 0. The molecule has 0 aliphatic carbocycles. The van der Waals surface area contributed by atoms with Gasteiger partial charge in [0.2, 0.25) is 0 Å². The molecule has 94 valence electrons. The highest BCUT2D eigenvalue weighted by atomic mass is 15.4. The summed E-state index contributed by atoms with van der Waals surface area (Å²) in [4.78, 5) is 0. The van der Waals surface area contributed by atoms with Crippen molar-refractivity contribution in [3.63, 3.8) is 0 Å². The topological polar surface area (TPSA) is 55.1 Å². The van der Waals surface area contributed by atoms with Crippen LogP contribution < -0.4 is 5.32 Å². The summed E-state index contributed by atoms with van der Waals surface area (Å²) >= 11 is 0.